The van der Waals surface area contributed by atoms with Crippen LogP contribution in [0.15, 0.2) is 18.2 Å². The van der Waals surface area contributed by atoms with Crippen LogP contribution in [0.5, 0.6) is 11.5 Å². The van der Waals surface area contributed by atoms with Gasteiger partial charge in [0.05, 0.1) is 12.5 Å². The molecule has 1 aliphatic rings. The van der Waals surface area contributed by atoms with Crippen molar-refractivity contribution in [3.63, 3.8) is 0 Å². The average molecular weight is 293 g/mol. The highest BCUT2D eigenvalue weighted by molar-refractivity contribution is 5.75. The molecule has 0 saturated carbocycles. The molecule has 0 bridgehead atoms. The molecule has 21 heavy (non-hydrogen) atoms. The molecule has 2 rings (SSSR count). The van der Waals surface area contributed by atoms with Gasteiger partial charge in [-0.15, -0.1) is 0 Å². The first-order valence-electron chi connectivity index (χ1n) is 7.32. The van der Waals surface area contributed by atoms with E-state index in [1.807, 2.05) is 6.92 Å². The van der Waals surface area contributed by atoms with Crippen LogP contribution >= 0.6 is 0 Å². The zero-order chi connectivity index (χ0) is 15.5. The molecule has 0 aliphatic carbocycles. The van der Waals surface area contributed by atoms with Crippen LogP contribution in [0.4, 0.5) is 0 Å². The molecule has 1 saturated heterocycles. The monoisotopic (exact) mass is 293 g/mol. The molecule has 0 amide bonds. The van der Waals surface area contributed by atoms with Crippen LogP contribution < -0.4 is 4.74 Å². The number of benzene rings is 1. The lowest BCUT2D eigenvalue weighted by atomic mass is 9.77. The molecule has 5 nitrogen and oxygen atoms in total. The van der Waals surface area contributed by atoms with Crippen LogP contribution in [0, 0.1) is 5.41 Å². The van der Waals surface area contributed by atoms with Crippen molar-refractivity contribution in [1.29, 1.82) is 0 Å². The van der Waals surface area contributed by atoms with E-state index in [1.54, 1.807) is 25.3 Å². The Hall–Kier alpha value is -1.75. The van der Waals surface area contributed by atoms with Crippen LogP contribution in [0.3, 0.4) is 0 Å². The van der Waals surface area contributed by atoms with Gasteiger partial charge >= 0.3 is 5.97 Å². The number of rotatable bonds is 5. The number of carboxylic acid groups (broad SMARTS) is 1. The highest BCUT2D eigenvalue weighted by Crippen LogP contribution is 2.35. The number of aromatic hydroxyl groups is 1. The van der Waals surface area contributed by atoms with E-state index < -0.39 is 11.4 Å². The third-order valence-electron chi connectivity index (χ3n) is 4.47. The van der Waals surface area contributed by atoms with E-state index in [4.69, 9.17) is 4.74 Å². The fourth-order valence-corrected chi connectivity index (χ4v) is 3.03. The second kappa shape index (κ2) is 6.35. The predicted molar refractivity (Wildman–Crippen MR) is 79.5 cm³/mol. The molecule has 1 fully saturated rings. The topological polar surface area (TPSA) is 70.0 Å². The number of aliphatic carboxylic acids is 1. The molecule has 116 valence electrons. The minimum Gasteiger partial charge on any atom is -0.508 e. The molecular weight excluding hydrogens is 270 g/mol. The Kier molecular flexibility index (Phi) is 4.73. The summed E-state index contributed by atoms with van der Waals surface area (Å²) in [6.07, 6.45) is 2.22. The highest BCUT2D eigenvalue weighted by atomic mass is 16.5. The lowest BCUT2D eigenvalue weighted by molar-refractivity contribution is -0.153. The highest BCUT2D eigenvalue weighted by Gasteiger charge is 2.40. The number of ether oxygens (including phenoxy) is 1. The van der Waals surface area contributed by atoms with E-state index in [0.717, 1.165) is 24.9 Å². The lowest BCUT2D eigenvalue weighted by Gasteiger charge is -2.39. The summed E-state index contributed by atoms with van der Waals surface area (Å²) >= 11 is 0. The van der Waals surface area contributed by atoms with Crippen molar-refractivity contribution in [1.82, 2.24) is 4.90 Å². The Morgan fingerprint density at radius 3 is 2.86 bits per heavy atom. The molecule has 1 aliphatic heterocycles. The number of methoxy groups -OCH3 is 1. The zero-order valence-electron chi connectivity index (χ0n) is 12.6. The molecule has 0 spiro atoms. The summed E-state index contributed by atoms with van der Waals surface area (Å²) in [6, 6.07) is 5.13. The third kappa shape index (κ3) is 3.29. The standard InChI is InChI=1S/C16H23NO4/c1-3-16(15(19)20)7-4-8-17(11-16)10-12-9-13(21-2)5-6-14(12)18/h5-6,9,18H,3-4,7-8,10-11H2,1-2H3,(H,19,20). The van der Waals surface area contributed by atoms with Crippen molar-refractivity contribution in [3.05, 3.63) is 23.8 Å². The van der Waals surface area contributed by atoms with Gasteiger partial charge in [0, 0.05) is 18.7 Å². The number of nitrogens with zero attached hydrogens (tertiary/aromatic N) is 1. The maximum Gasteiger partial charge on any atom is 0.310 e. The number of carbonyl (C=O) groups is 1. The maximum atomic E-state index is 11.6. The first-order chi connectivity index (χ1) is 10.0. The zero-order valence-corrected chi connectivity index (χ0v) is 12.6. The summed E-state index contributed by atoms with van der Waals surface area (Å²) in [5.74, 6) is 0.197. The van der Waals surface area contributed by atoms with Gasteiger partial charge < -0.3 is 14.9 Å². The normalized spacial score (nSPS) is 23.0. The van der Waals surface area contributed by atoms with Crippen LogP contribution in [0.2, 0.25) is 0 Å². The van der Waals surface area contributed by atoms with Crippen molar-refractivity contribution >= 4 is 5.97 Å². The predicted octanol–water partition coefficient (Wildman–Crippen LogP) is 2.48. The minimum atomic E-state index is -0.718. The molecule has 0 radical (unpaired) electrons. The van der Waals surface area contributed by atoms with E-state index in [1.165, 1.54) is 0 Å². The second-order valence-electron chi connectivity index (χ2n) is 5.75. The Morgan fingerprint density at radius 2 is 2.24 bits per heavy atom. The molecule has 1 heterocycles. The van der Waals surface area contributed by atoms with Crippen LogP contribution in [0.25, 0.3) is 0 Å². The number of likely N-dealkylation sites (tertiary alicyclic amines) is 1. The Balaban J connectivity index is 2.14. The fraction of sp³-hybridized carbons (Fsp3) is 0.562. The molecule has 2 N–H and O–H groups in total. The van der Waals surface area contributed by atoms with E-state index in [-0.39, 0.29) is 5.75 Å². The quantitative estimate of drug-likeness (QED) is 0.873. The summed E-state index contributed by atoms with van der Waals surface area (Å²) in [5.41, 5.74) is 0.110. The van der Waals surface area contributed by atoms with Gasteiger partial charge in [-0.3, -0.25) is 9.69 Å². The molecule has 5 heteroatoms. The first kappa shape index (κ1) is 15.6. The molecular formula is C16H23NO4. The molecule has 1 aromatic rings. The van der Waals surface area contributed by atoms with Gasteiger partial charge in [0.25, 0.3) is 0 Å². The molecule has 1 unspecified atom stereocenters. The minimum absolute atomic E-state index is 0.221. The van der Waals surface area contributed by atoms with Gasteiger partial charge in [-0.25, -0.2) is 0 Å². The van der Waals surface area contributed by atoms with E-state index in [9.17, 15) is 15.0 Å². The summed E-state index contributed by atoms with van der Waals surface area (Å²) < 4.78 is 5.18. The lowest BCUT2D eigenvalue weighted by Crippen LogP contribution is -2.47. The summed E-state index contributed by atoms with van der Waals surface area (Å²) in [7, 11) is 1.59. The fourth-order valence-electron chi connectivity index (χ4n) is 3.03. The largest absolute Gasteiger partial charge is 0.508 e. The first-order valence-corrected chi connectivity index (χ1v) is 7.32. The number of phenolic OH excluding ortho intramolecular Hbond substituents is 1. The summed E-state index contributed by atoms with van der Waals surface area (Å²) in [4.78, 5) is 13.7. The van der Waals surface area contributed by atoms with Crippen molar-refractivity contribution in [2.75, 3.05) is 20.2 Å². The van der Waals surface area contributed by atoms with E-state index in [2.05, 4.69) is 4.90 Å². The SMILES string of the molecule is CCC1(C(=O)O)CCCN(Cc2cc(OC)ccc2O)C1. The van der Waals surface area contributed by atoms with Gasteiger partial charge in [-0.05, 0) is 44.0 Å². The number of phenols is 1. The number of hydrogen-bond donors (Lipinski definition) is 2. The third-order valence-corrected chi connectivity index (χ3v) is 4.47. The van der Waals surface area contributed by atoms with Gasteiger partial charge in [-0.1, -0.05) is 6.92 Å². The van der Waals surface area contributed by atoms with Crippen molar-refractivity contribution in [3.8, 4) is 11.5 Å². The second-order valence-corrected chi connectivity index (χ2v) is 5.75. The number of piperidine rings is 1. The van der Waals surface area contributed by atoms with E-state index in [0.29, 0.717) is 25.3 Å². The number of carboxylic acids is 1. The van der Waals surface area contributed by atoms with Gasteiger partial charge in [0.2, 0.25) is 0 Å². The van der Waals surface area contributed by atoms with Crippen molar-refractivity contribution in [2.24, 2.45) is 5.41 Å². The summed E-state index contributed by atoms with van der Waals surface area (Å²) in [6.45, 7) is 3.85. The van der Waals surface area contributed by atoms with Crippen LogP contribution in [-0.4, -0.2) is 41.3 Å². The smallest absolute Gasteiger partial charge is 0.310 e. The average Bonchev–Trinajstić information content (AvgIpc) is 2.49. The number of hydrogen-bond acceptors (Lipinski definition) is 4. The van der Waals surface area contributed by atoms with Gasteiger partial charge in [0.1, 0.15) is 11.5 Å². The van der Waals surface area contributed by atoms with Crippen LogP contribution in [-0.2, 0) is 11.3 Å². The summed E-state index contributed by atoms with van der Waals surface area (Å²) in [5, 5.41) is 19.5. The molecule has 1 aromatic carbocycles. The molecule has 1 atom stereocenters. The Morgan fingerprint density at radius 1 is 1.48 bits per heavy atom. The van der Waals surface area contributed by atoms with Gasteiger partial charge in [0.15, 0.2) is 0 Å². The van der Waals surface area contributed by atoms with Gasteiger partial charge in [-0.2, -0.15) is 0 Å². The Bertz CT molecular complexity index is 517. The maximum absolute atomic E-state index is 11.6. The Labute approximate surface area is 125 Å². The van der Waals surface area contributed by atoms with Crippen LogP contribution in [0.1, 0.15) is 31.7 Å². The van der Waals surface area contributed by atoms with E-state index >= 15 is 0 Å². The van der Waals surface area contributed by atoms with Crippen molar-refractivity contribution < 1.29 is 19.7 Å². The molecule has 0 aromatic heterocycles. The van der Waals surface area contributed by atoms with Crippen molar-refractivity contribution in [2.45, 2.75) is 32.7 Å².